The Balaban J connectivity index is 1.32. The lowest BCUT2D eigenvalue weighted by Crippen LogP contribution is -2.10. The first-order chi connectivity index (χ1) is 20.2. The van der Waals surface area contributed by atoms with Gasteiger partial charge < -0.3 is 9.47 Å². The third-order valence-electron chi connectivity index (χ3n) is 7.70. The molecular weight excluding hydrogens is 611 g/mol. The van der Waals surface area contributed by atoms with Crippen LogP contribution in [0.5, 0.6) is 0 Å². The molecule has 3 heteroatoms. The van der Waals surface area contributed by atoms with Crippen molar-refractivity contribution in [3.63, 3.8) is 0 Å². The van der Waals surface area contributed by atoms with E-state index in [1.807, 2.05) is 0 Å². The summed E-state index contributed by atoms with van der Waals surface area (Å²) in [6.45, 7) is 2.09. The fourth-order valence-electron chi connectivity index (χ4n) is 5.68. The van der Waals surface area contributed by atoms with Crippen LogP contribution in [0.3, 0.4) is 0 Å². The van der Waals surface area contributed by atoms with Crippen LogP contribution in [0.25, 0.3) is 38.6 Å². The maximum Gasteiger partial charge on any atom is 0.0530 e. The highest BCUT2D eigenvalue weighted by Gasteiger charge is 2.15. The molecule has 0 aliphatic carbocycles. The molecule has 0 atom stereocenters. The topological polar surface area (TPSA) is 8.17 Å². The van der Waals surface area contributed by atoms with Crippen molar-refractivity contribution < 1.29 is 0 Å². The Kier molecular flexibility index (Phi) is 6.73. The molecule has 7 aromatic rings. The Morgan fingerprint density at radius 1 is 0.537 bits per heavy atom. The summed E-state index contributed by atoms with van der Waals surface area (Å²) in [5.41, 5.74) is 10.6. The van der Waals surface area contributed by atoms with Crippen LogP contribution in [0, 0.1) is 9.99 Å². The zero-order valence-corrected chi connectivity index (χ0v) is 24.9. The van der Waals surface area contributed by atoms with Gasteiger partial charge in [-0.25, -0.2) is 0 Å². The molecule has 1 heterocycles. The van der Waals surface area contributed by atoms with Gasteiger partial charge in [-0.05, 0) is 111 Å². The van der Waals surface area contributed by atoms with E-state index in [2.05, 4.69) is 191 Å². The summed E-state index contributed by atoms with van der Waals surface area (Å²) in [6.07, 6.45) is 2.16. The lowest BCUT2D eigenvalue weighted by molar-refractivity contribution is 1.17. The molecule has 0 unspecified atom stereocenters. The summed E-state index contributed by atoms with van der Waals surface area (Å²) in [5.74, 6) is 0. The van der Waals surface area contributed by atoms with Gasteiger partial charge in [0.05, 0.1) is 5.52 Å². The van der Waals surface area contributed by atoms with Crippen molar-refractivity contribution >= 4 is 61.5 Å². The molecule has 1 aromatic heterocycles. The molecule has 41 heavy (non-hydrogen) atoms. The molecule has 198 valence electrons. The molecule has 6 aromatic carbocycles. The summed E-state index contributed by atoms with van der Waals surface area (Å²) in [5, 5.41) is 2.56. The Morgan fingerprint density at radius 3 is 1.73 bits per heavy atom. The largest absolute Gasteiger partial charge is 0.311 e. The van der Waals surface area contributed by atoms with Crippen LogP contribution in [0.1, 0.15) is 12.5 Å². The zero-order chi connectivity index (χ0) is 27.8. The van der Waals surface area contributed by atoms with Crippen molar-refractivity contribution in [1.82, 2.24) is 4.57 Å². The maximum atomic E-state index is 2.41. The molecule has 7 rings (SSSR count). The molecule has 0 radical (unpaired) electrons. The zero-order valence-electron chi connectivity index (χ0n) is 22.7. The monoisotopic (exact) mass is 639 g/mol. The van der Waals surface area contributed by atoms with Crippen LogP contribution in [0.2, 0.25) is 0 Å². The van der Waals surface area contributed by atoms with Crippen LogP contribution in [-0.2, 0) is 0 Å². The van der Waals surface area contributed by atoms with E-state index in [-0.39, 0.29) is 0 Å². The summed E-state index contributed by atoms with van der Waals surface area (Å²) in [7, 11) is 0. The highest BCUT2D eigenvalue weighted by Crippen LogP contribution is 2.38. The minimum atomic E-state index is 1.12. The minimum Gasteiger partial charge on any atom is -0.311 e. The van der Waals surface area contributed by atoms with Crippen molar-refractivity contribution in [1.29, 1.82) is 0 Å². The van der Waals surface area contributed by atoms with Crippen LogP contribution < -0.4 is 4.90 Å². The summed E-state index contributed by atoms with van der Waals surface area (Å²) in [4.78, 5) is 2.32. The van der Waals surface area contributed by atoms with Crippen molar-refractivity contribution in [3.05, 3.63) is 161 Å². The van der Waals surface area contributed by atoms with Crippen LogP contribution in [-0.4, -0.2) is 4.57 Å². The quantitative estimate of drug-likeness (QED) is 0.130. The normalized spacial score (nSPS) is 11.2. The van der Waals surface area contributed by atoms with Crippen molar-refractivity contribution in [2.45, 2.75) is 6.92 Å². The molecule has 0 spiro atoms. The number of para-hydroxylation sites is 1. The van der Waals surface area contributed by atoms with Crippen molar-refractivity contribution in [2.75, 3.05) is 4.90 Å². The van der Waals surface area contributed by atoms with Crippen LogP contribution >= 0.6 is 22.6 Å². The van der Waals surface area contributed by atoms with Gasteiger partial charge in [-0.3, -0.25) is 0 Å². The van der Waals surface area contributed by atoms with Crippen LogP contribution in [0.4, 0.5) is 17.1 Å². The van der Waals surface area contributed by atoms with E-state index in [9.17, 15) is 0 Å². The number of anilines is 3. The summed E-state index contributed by atoms with van der Waals surface area (Å²) >= 11 is 2.41. The second kappa shape index (κ2) is 10.8. The number of aromatic nitrogens is 1. The smallest absolute Gasteiger partial charge is 0.0530 e. The lowest BCUT2D eigenvalue weighted by Gasteiger charge is -2.26. The fraction of sp³-hybridized carbons (Fsp3) is 0.0263. The molecule has 0 fully saturated rings. The molecular formula is C38H28IN2-. The molecule has 0 amide bonds. The number of hydrogen-bond donors (Lipinski definition) is 0. The van der Waals surface area contributed by atoms with E-state index in [0.29, 0.717) is 0 Å². The predicted octanol–water partition coefficient (Wildman–Crippen LogP) is 11.1. The fourth-order valence-corrected chi connectivity index (χ4v) is 6.17. The van der Waals surface area contributed by atoms with Gasteiger partial charge in [0.15, 0.2) is 0 Å². The first-order valence-corrected chi connectivity index (χ1v) is 14.9. The number of nitrogens with zero attached hydrogens (tertiary/aromatic N) is 2. The number of hydrogen-bond acceptors (Lipinski definition) is 1. The van der Waals surface area contributed by atoms with E-state index in [1.165, 1.54) is 42.1 Å². The van der Waals surface area contributed by atoms with Gasteiger partial charge in [-0.1, -0.05) is 73.7 Å². The van der Waals surface area contributed by atoms with E-state index in [0.717, 1.165) is 22.7 Å². The number of benzene rings is 6. The SMILES string of the molecule is C[CH-]c1ccc2c(c1)c1cc(I)ccc1n2-c1ccc(N(c2ccccc2)c2ccc(-c3ccccc3)cc2)cc1. The molecule has 2 nitrogen and oxygen atoms in total. The Morgan fingerprint density at radius 2 is 1.07 bits per heavy atom. The van der Waals surface area contributed by atoms with Crippen molar-refractivity contribution in [3.8, 4) is 16.8 Å². The number of fused-ring (bicyclic) bond motifs is 3. The standard InChI is InChI=1S/C38H28IN2/c1-2-27-13-23-37-35(25-27)36-26-30(39)16-24-38(36)41(37)34-21-19-33(20-22-34)40(31-11-7-4-8-12-31)32-17-14-29(15-18-32)28-9-5-3-6-10-28/h2-26H,1H3/q-1. The Labute approximate surface area is 254 Å². The van der Waals surface area contributed by atoms with E-state index in [1.54, 1.807) is 0 Å². The average Bonchev–Trinajstić information content (AvgIpc) is 3.35. The average molecular weight is 640 g/mol. The molecule has 0 bridgehead atoms. The molecule has 0 saturated heterocycles. The van der Waals surface area contributed by atoms with Gasteiger partial charge in [-0.15, -0.1) is 0 Å². The molecule has 0 aliphatic heterocycles. The van der Waals surface area contributed by atoms with Gasteiger partial charge in [0.25, 0.3) is 0 Å². The Bertz CT molecular complexity index is 1960. The number of halogens is 1. The molecule has 0 aliphatic rings. The second-order valence-corrected chi connectivity index (χ2v) is 11.4. The van der Waals surface area contributed by atoms with Gasteiger partial charge in [-0.2, -0.15) is 24.1 Å². The first-order valence-electron chi connectivity index (χ1n) is 13.8. The van der Waals surface area contributed by atoms with E-state index in [4.69, 9.17) is 0 Å². The summed E-state index contributed by atoms with van der Waals surface area (Å²) in [6, 6.07) is 52.3. The second-order valence-electron chi connectivity index (χ2n) is 10.2. The third-order valence-corrected chi connectivity index (χ3v) is 8.37. The highest BCUT2D eigenvalue weighted by molar-refractivity contribution is 14.1. The van der Waals surface area contributed by atoms with E-state index < -0.39 is 0 Å². The van der Waals surface area contributed by atoms with Crippen LogP contribution in [0.15, 0.2) is 146 Å². The maximum absolute atomic E-state index is 2.41. The van der Waals surface area contributed by atoms with Gasteiger partial charge >= 0.3 is 0 Å². The minimum absolute atomic E-state index is 1.12. The summed E-state index contributed by atoms with van der Waals surface area (Å²) < 4.78 is 3.62. The Hall–Kier alpha value is -4.48. The van der Waals surface area contributed by atoms with Gasteiger partial charge in [0.2, 0.25) is 0 Å². The lowest BCUT2D eigenvalue weighted by atomic mass is 10.0. The molecule has 0 saturated carbocycles. The first kappa shape index (κ1) is 25.5. The predicted molar refractivity (Wildman–Crippen MR) is 183 cm³/mol. The third kappa shape index (κ3) is 4.76. The highest BCUT2D eigenvalue weighted by atomic mass is 127. The van der Waals surface area contributed by atoms with Gasteiger partial charge in [0.1, 0.15) is 0 Å². The van der Waals surface area contributed by atoms with Crippen molar-refractivity contribution in [2.24, 2.45) is 0 Å². The van der Waals surface area contributed by atoms with Gasteiger partial charge in [0, 0.05) is 31.8 Å². The molecule has 0 N–H and O–H groups in total. The van der Waals surface area contributed by atoms with E-state index >= 15 is 0 Å². The number of rotatable bonds is 6.